The van der Waals surface area contributed by atoms with Crippen LogP contribution in [-0.4, -0.2) is 28.3 Å². The van der Waals surface area contributed by atoms with E-state index in [2.05, 4.69) is 34.1 Å². The molecule has 1 amide bonds. The molecule has 4 atom stereocenters. The highest BCUT2D eigenvalue weighted by Crippen LogP contribution is 2.45. The average Bonchev–Trinajstić information content (AvgIpc) is 3.34. The van der Waals surface area contributed by atoms with Crippen molar-refractivity contribution in [3.05, 3.63) is 41.1 Å². The van der Waals surface area contributed by atoms with Crippen LogP contribution in [0.4, 0.5) is 0 Å². The lowest BCUT2D eigenvalue weighted by Gasteiger charge is -2.43. The number of fused-ring (bicyclic) bond motifs is 2. The molecule has 0 spiro atoms. The molecule has 1 aromatic heterocycles. The lowest BCUT2D eigenvalue weighted by atomic mass is 9.68. The molecule has 2 aliphatic heterocycles. The monoisotopic (exact) mass is 381 g/mol. The van der Waals surface area contributed by atoms with Gasteiger partial charge in [-0.05, 0) is 42.2 Å². The maximum atomic E-state index is 12.3. The fraction of sp³-hybridized carbons (Fsp3) is 0.524. The maximum Gasteiger partial charge on any atom is 0.237 e. The van der Waals surface area contributed by atoms with Crippen LogP contribution < -0.4 is 16.6 Å². The van der Waals surface area contributed by atoms with Crippen LogP contribution in [0.5, 0.6) is 0 Å². The second-order valence-corrected chi connectivity index (χ2v) is 8.26. The third-order valence-corrected chi connectivity index (χ3v) is 6.83. The van der Waals surface area contributed by atoms with Crippen molar-refractivity contribution in [3.8, 4) is 11.3 Å². The van der Waals surface area contributed by atoms with Crippen molar-refractivity contribution < 1.29 is 9.53 Å². The van der Waals surface area contributed by atoms with Crippen molar-refractivity contribution in [1.82, 2.24) is 20.6 Å². The molecule has 1 aromatic carbocycles. The largest absolute Gasteiger partial charge is 0.372 e. The molecule has 4 N–H and O–H groups in total. The van der Waals surface area contributed by atoms with E-state index in [4.69, 9.17) is 10.5 Å². The van der Waals surface area contributed by atoms with E-state index in [1.54, 1.807) is 0 Å². The summed E-state index contributed by atoms with van der Waals surface area (Å²) in [4.78, 5) is 12.3. The minimum absolute atomic E-state index is 0.0561. The van der Waals surface area contributed by atoms with Gasteiger partial charge in [-0.15, -0.1) is 0 Å². The molecular formula is C21H27N5O2. The molecule has 0 bridgehead atoms. The maximum absolute atomic E-state index is 12.3. The molecule has 3 aliphatic rings. The molecule has 1 saturated heterocycles. The number of hydrazine groups is 1. The number of carbonyl (C=O) groups is 1. The average molecular weight is 381 g/mol. The third-order valence-electron chi connectivity index (χ3n) is 6.83. The van der Waals surface area contributed by atoms with Gasteiger partial charge in [-0.1, -0.05) is 18.2 Å². The minimum Gasteiger partial charge on any atom is -0.372 e. The number of aromatic nitrogens is 2. The predicted octanol–water partition coefficient (Wildman–Crippen LogP) is 1.58. The number of hydrogen-bond acceptors (Lipinski definition) is 5. The third kappa shape index (κ3) is 2.77. The Bertz CT molecular complexity index is 908. The smallest absolute Gasteiger partial charge is 0.237 e. The SMILES string of the molecule is Cn1ncc(C2CCC3C(=O)NNC(CN)C3C2)c1-c1cccc2c1COC2. The van der Waals surface area contributed by atoms with E-state index in [0.717, 1.165) is 19.3 Å². The molecule has 0 radical (unpaired) electrons. The van der Waals surface area contributed by atoms with E-state index in [1.165, 1.54) is 27.9 Å². The number of rotatable bonds is 3. The van der Waals surface area contributed by atoms with E-state index in [-0.39, 0.29) is 23.8 Å². The summed E-state index contributed by atoms with van der Waals surface area (Å²) in [6.45, 7) is 1.87. The summed E-state index contributed by atoms with van der Waals surface area (Å²) in [6, 6.07) is 6.56. The summed E-state index contributed by atoms with van der Waals surface area (Å²) in [5, 5.41) is 4.61. The highest BCUT2D eigenvalue weighted by atomic mass is 16.5. The van der Waals surface area contributed by atoms with E-state index in [9.17, 15) is 4.79 Å². The molecule has 148 valence electrons. The molecule has 1 aliphatic carbocycles. The number of ether oxygens (including phenoxy) is 1. The van der Waals surface area contributed by atoms with Gasteiger partial charge < -0.3 is 10.5 Å². The lowest BCUT2D eigenvalue weighted by molar-refractivity contribution is -0.133. The van der Waals surface area contributed by atoms with Crippen LogP contribution in [0, 0.1) is 11.8 Å². The molecule has 1 saturated carbocycles. The van der Waals surface area contributed by atoms with Crippen molar-refractivity contribution in [2.45, 2.75) is 44.4 Å². The van der Waals surface area contributed by atoms with Crippen molar-refractivity contribution >= 4 is 5.91 Å². The first kappa shape index (κ1) is 17.8. The van der Waals surface area contributed by atoms with Crippen molar-refractivity contribution in [1.29, 1.82) is 0 Å². The zero-order valence-corrected chi connectivity index (χ0v) is 16.1. The van der Waals surface area contributed by atoms with E-state index >= 15 is 0 Å². The minimum atomic E-state index is 0.0561. The fourth-order valence-corrected chi connectivity index (χ4v) is 5.36. The molecule has 2 fully saturated rings. The van der Waals surface area contributed by atoms with Crippen molar-refractivity contribution in [3.63, 3.8) is 0 Å². The Morgan fingerprint density at radius 1 is 1.32 bits per heavy atom. The van der Waals surface area contributed by atoms with Crippen LogP contribution in [0.2, 0.25) is 0 Å². The van der Waals surface area contributed by atoms with Gasteiger partial charge in [-0.25, -0.2) is 5.43 Å². The molecule has 7 nitrogen and oxygen atoms in total. The molecule has 3 heterocycles. The number of hydrogen-bond donors (Lipinski definition) is 3. The predicted molar refractivity (Wildman–Crippen MR) is 105 cm³/mol. The molecule has 2 aromatic rings. The number of nitrogens with zero attached hydrogens (tertiary/aromatic N) is 2. The first-order valence-electron chi connectivity index (χ1n) is 10.1. The second-order valence-electron chi connectivity index (χ2n) is 8.26. The molecule has 7 heteroatoms. The number of carbonyl (C=O) groups excluding carboxylic acids is 1. The van der Waals surface area contributed by atoms with Crippen LogP contribution in [-0.2, 0) is 29.8 Å². The molecule has 28 heavy (non-hydrogen) atoms. The Morgan fingerprint density at radius 2 is 2.21 bits per heavy atom. The van der Waals surface area contributed by atoms with Crippen molar-refractivity contribution in [2.75, 3.05) is 6.54 Å². The summed E-state index contributed by atoms with van der Waals surface area (Å²) in [5.74, 6) is 0.804. The van der Waals surface area contributed by atoms with Gasteiger partial charge in [0.05, 0.1) is 25.1 Å². The Morgan fingerprint density at radius 3 is 3.07 bits per heavy atom. The summed E-state index contributed by atoms with van der Waals surface area (Å²) in [7, 11) is 2.01. The van der Waals surface area contributed by atoms with E-state index in [0.29, 0.717) is 25.7 Å². The highest BCUT2D eigenvalue weighted by molar-refractivity contribution is 5.79. The summed E-state index contributed by atoms with van der Waals surface area (Å²) < 4.78 is 7.68. The highest BCUT2D eigenvalue weighted by Gasteiger charge is 2.43. The van der Waals surface area contributed by atoms with E-state index in [1.807, 2.05) is 17.9 Å². The van der Waals surface area contributed by atoms with Gasteiger partial charge in [0.1, 0.15) is 0 Å². The lowest BCUT2D eigenvalue weighted by Crippen LogP contribution is -2.62. The number of benzene rings is 1. The van der Waals surface area contributed by atoms with Gasteiger partial charge in [0.15, 0.2) is 0 Å². The fourth-order valence-electron chi connectivity index (χ4n) is 5.36. The number of aryl methyl sites for hydroxylation is 1. The topological polar surface area (TPSA) is 94.2 Å². The summed E-state index contributed by atoms with van der Waals surface area (Å²) >= 11 is 0. The zero-order valence-electron chi connectivity index (χ0n) is 16.1. The molecular weight excluding hydrogens is 354 g/mol. The van der Waals surface area contributed by atoms with Crippen LogP contribution in [0.15, 0.2) is 24.4 Å². The van der Waals surface area contributed by atoms with Crippen LogP contribution in [0.3, 0.4) is 0 Å². The normalized spacial score (nSPS) is 29.3. The van der Waals surface area contributed by atoms with Crippen molar-refractivity contribution in [2.24, 2.45) is 24.6 Å². The number of nitrogens with one attached hydrogen (secondary N) is 2. The van der Waals surface area contributed by atoms with Gasteiger partial charge in [0, 0.05) is 36.7 Å². The Hall–Kier alpha value is -2.22. The quantitative estimate of drug-likeness (QED) is 0.750. The van der Waals surface area contributed by atoms with Crippen LogP contribution in [0.25, 0.3) is 11.3 Å². The molecule has 5 rings (SSSR count). The first-order chi connectivity index (χ1) is 13.7. The Kier molecular flexibility index (Phi) is 4.45. The van der Waals surface area contributed by atoms with Crippen LogP contribution in [0.1, 0.15) is 41.9 Å². The molecule has 4 unspecified atom stereocenters. The van der Waals surface area contributed by atoms with Gasteiger partial charge in [-0.2, -0.15) is 5.10 Å². The first-order valence-corrected chi connectivity index (χ1v) is 10.1. The Labute approximate surface area is 164 Å². The van der Waals surface area contributed by atoms with Gasteiger partial charge in [-0.3, -0.25) is 14.9 Å². The van der Waals surface area contributed by atoms with Crippen LogP contribution >= 0.6 is 0 Å². The second kappa shape index (κ2) is 6.99. The summed E-state index contributed by atoms with van der Waals surface area (Å²) in [6.07, 6.45) is 4.86. The van der Waals surface area contributed by atoms with E-state index < -0.39 is 0 Å². The zero-order chi connectivity index (χ0) is 19.3. The van der Waals surface area contributed by atoms with Gasteiger partial charge in [0.2, 0.25) is 5.91 Å². The Balaban J connectivity index is 1.50. The van der Waals surface area contributed by atoms with Gasteiger partial charge in [0.25, 0.3) is 0 Å². The standard InChI is InChI=1S/C21H27N5O2/c1-26-20(14-4-2-3-13-10-28-11-18(13)14)17(9-23-26)12-5-6-15-16(7-12)19(8-22)24-25-21(15)27/h2-4,9,12,15-16,19,24H,5-8,10-11,22H2,1H3,(H,25,27). The number of nitrogens with two attached hydrogens (primary N) is 1. The summed E-state index contributed by atoms with van der Waals surface area (Å²) in [5.41, 5.74) is 18.1. The number of amides is 1. The van der Waals surface area contributed by atoms with Gasteiger partial charge >= 0.3 is 0 Å².